The second-order valence-electron chi connectivity index (χ2n) is 18.9. The van der Waals surface area contributed by atoms with Gasteiger partial charge in [0.15, 0.2) is 0 Å². The first-order chi connectivity index (χ1) is 32.8. The van der Waals surface area contributed by atoms with Crippen LogP contribution in [0.1, 0.15) is 271 Å². The van der Waals surface area contributed by atoms with Crippen LogP contribution in [0.25, 0.3) is 0 Å². The average molecular weight is 964 g/mol. The van der Waals surface area contributed by atoms with Crippen LogP contribution >= 0.6 is 7.82 Å². The van der Waals surface area contributed by atoms with E-state index in [1.807, 2.05) is 0 Å². The minimum atomic E-state index is -4.43. The van der Waals surface area contributed by atoms with Crippen molar-refractivity contribution in [1.29, 1.82) is 0 Å². The molecule has 0 aromatic heterocycles. The number of hydrogen-bond acceptors (Lipinski definition) is 7. The van der Waals surface area contributed by atoms with Crippen molar-refractivity contribution in [3.63, 3.8) is 0 Å². The second-order valence-corrected chi connectivity index (χ2v) is 20.4. The number of aliphatic hydroxyl groups is 1. The van der Waals surface area contributed by atoms with Crippen LogP contribution in [0.15, 0.2) is 48.6 Å². The third-order valence-electron chi connectivity index (χ3n) is 12.2. The molecule has 2 unspecified atom stereocenters. The normalized spacial score (nSPS) is 13.4. The third kappa shape index (κ3) is 54.8. The molecule has 0 aromatic carbocycles. The summed E-state index contributed by atoms with van der Waals surface area (Å²) in [6, 6.07) is 0. The van der Waals surface area contributed by atoms with E-state index in [9.17, 15) is 24.2 Å². The summed E-state index contributed by atoms with van der Waals surface area (Å²) in [5.41, 5.74) is 0. The lowest BCUT2D eigenvalue weighted by molar-refractivity contribution is -0.147. The Hall–Kier alpha value is -2.03. The van der Waals surface area contributed by atoms with E-state index < -0.39 is 26.5 Å². The van der Waals surface area contributed by atoms with Gasteiger partial charge in [-0.05, 0) is 77.0 Å². The maximum absolute atomic E-state index is 12.2. The van der Waals surface area contributed by atoms with Crippen molar-refractivity contribution in [3.8, 4) is 0 Å². The predicted molar refractivity (Wildman–Crippen MR) is 284 cm³/mol. The number of amides is 1. The fourth-order valence-corrected chi connectivity index (χ4v) is 8.73. The summed E-state index contributed by atoms with van der Waals surface area (Å²) in [6.07, 6.45) is 64.8. The van der Waals surface area contributed by atoms with Crippen molar-refractivity contribution in [3.05, 3.63) is 48.6 Å². The molecule has 2 atom stereocenters. The van der Waals surface area contributed by atoms with E-state index in [-0.39, 0.29) is 32.1 Å². The Bertz CT molecular complexity index is 1240. The van der Waals surface area contributed by atoms with E-state index in [0.717, 1.165) is 51.4 Å². The van der Waals surface area contributed by atoms with Crippen LogP contribution in [0.4, 0.5) is 0 Å². The van der Waals surface area contributed by atoms with Gasteiger partial charge < -0.3 is 20.1 Å². The molecule has 0 aromatic rings. The van der Waals surface area contributed by atoms with Gasteiger partial charge in [0, 0.05) is 19.4 Å². The van der Waals surface area contributed by atoms with Gasteiger partial charge in [0.25, 0.3) is 0 Å². The number of hydrogen-bond donors (Lipinski definition) is 3. The van der Waals surface area contributed by atoms with Gasteiger partial charge in [-0.3, -0.25) is 18.6 Å². The summed E-state index contributed by atoms with van der Waals surface area (Å²) in [4.78, 5) is 34.2. The lowest BCUT2D eigenvalue weighted by Crippen LogP contribution is -2.27. The number of esters is 1. The van der Waals surface area contributed by atoms with E-state index in [2.05, 4.69) is 67.8 Å². The number of nitrogens with one attached hydrogen (secondary N) is 1. The van der Waals surface area contributed by atoms with Gasteiger partial charge in [-0.1, -0.05) is 229 Å². The maximum atomic E-state index is 12.2. The molecule has 3 N–H and O–H groups in total. The topological polar surface area (TPSA) is 131 Å². The Labute approximate surface area is 413 Å². The Balaban J connectivity index is 3.52. The fraction of sp³-hybridized carbons (Fsp3) is 0.825. The molecule has 0 bridgehead atoms. The van der Waals surface area contributed by atoms with Crippen LogP contribution in [-0.4, -0.2) is 54.3 Å². The van der Waals surface area contributed by atoms with E-state index >= 15 is 0 Å². The third-order valence-corrected chi connectivity index (χ3v) is 13.2. The average Bonchev–Trinajstić information content (AvgIpc) is 3.32. The van der Waals surface area contributed by atoms with Gasteiger partial charge in [-0.2, -0.15) is 0 Å². The maximum Gasteiger partial charge on any atom is 0.472 e. The minimum absolute atomic E-state index is 0.0820. The molecule has 392 valence electrons. The molecule has 10 heteroatoms. The highest BCUT2D eigenvalue weighted by molar-refractivity contribution is 7.47. The van der Waals surface area contributed by atoms with Crippen LogP contribution in [0.2, 0.25) is 0 Å². The van der Waals surface area contributed by atoms with E-state index in [1.54, 1.807) is 0 Å². The molecule has 1 amide bonds. The summed E-state index contributed by atoms with van der Waals surface area (Å²) >= 11 is 0. The van der Waals surface area contributed by atoms with Crippen LogP contribution in [-0.2, 0) is 27.9 Å². The summed E-state index contributed by atoms with van der Waals surface area (Å²) < 4.78 is 27.1. The smallest absolute Gasteiger partial charge is 0.463 e. The molecule has 0 aliphatic rings. The van der Waals surface area contributed by atoms with Crippen molar-refractivity contribution >= 4 is 19.7 Å². The zero-order valence-electron chi connectivity index (χ0n) is 43.6. The molecule has 9 nitrogen and oxygen atoms in total. The Kier molecular flexibility index (Phi) is 51.7. The van der Waals surface area contributed by atoms with Crippen LogP contribution in [0.3, 0.4) is 0 Å². The van der Waals surface area contributed by atoms with Gasteiger partial charge in [-0.25, -0.2) is 4.57 Å². The number of phosphoric acid groups is 1. The molecular weight excluding hydrogens is 858 g/mol. The SMILES string of the molecule is CCCCC/C=C\C/C=C\CCCCCCCCCCCCCCCC(=O)NCCOP(=O)(O)OCC(O)COC(=O)CCCCCCCCCCCCCCC/C=C\C/C=C\CCCCC. The van der Waals surface area contributed by atoms with Crippen LogP contribution in [0, 0.1) is 0 Å². The zero-order chi connectivity index (χ0) is 48.8. The van der Waals surface area contributed by atoms with Gasteiger partial charge in [0.05, 0.1) is 13.2 Å². The molecule has 0 spiro atoms. The highest BCUT2D eigenvalue weighted by Crippen LogP contribution is 2.42. The first kappa shape index (κ1) is 65.0. The monoisotopic (exact) mass is 964 g/mol. The summed E-state index contributed by atoms with van der Waals surface area (Å²) in [5, 5.41) is 12.8. The number of phosphoric ester groups is 1. The number of unbranched alkanes of at least 4 members (excludes halogenated alkanes) is 32. The molecule has 0 heterocycles. The van der Waals surface area contributed by atoms with Crippen molar-refractivity contribution < 1.29 is 37.9 Å². The van der Waals surface area contributed by atoms with Crippen LogP contribution in [0.5, 0.6) is 0 Å². The van der Waals surface area contributed by atoms with E-state index in [1.165, 1.54) is 193 Å². The lowest BCUT2D eigenvalue weighted by atomic mass is 10.0. The van der Waals surface area contributed by atoms with Crippen molar-refractivity contribution in [2.75, 3.05) is 26.4 Å². The number of aliphatic hydroxyl groups excluding tert-OH is 1. The standard InChI is InChI=1S/C57H106NO8P/c1-3-5-7-9-11-13-15-17-19-21-23-25-27-29-31-33-35-37-39-41-43-45-47-49-56(60)58-51-52-65-67(62,63)66-54-55(59)53-64-57(61)50-48-46-44-42-40-38-36-34-32-30-28-26-24-22-20-18-16-14-12-10-8-6-4-2/h11-14,17-20,55,59H,3-10,15-16,21-54H2,1-2H3,(H,58,60)(H,62,63)/b13-11-,14-12-,19-17-,20-18-. The van der Waals surface area contributed by atoms with Gasteiger partial charge >= 0.3 is 13.8 Å². The van der Waals surface area contributed by atoms with Gasteiger partial charge in [0.1, 0.15) is 12.7 Å². The zero-order valence-corrected chi connectivity index (χ0v) is 44.5. The summed E-state index contributed by atoms with van der Waals surface area (Å²) in [7, 11) is -4.43. The summed E-state index contributed by atoms with van der Waals surface area (Å²) in [5.74, 6) is -0.510. The Morgan fingerprint density at radius 2 is 0.806 bits per heavy atom. The number of carbonyl (C=O) groups is 2. The Morgan fingerprint density at radius 3 is 1.19 bits per heavy atom. The molecule has 0 saturated heterocycles. The first-order valence-electron chi connectivity index (χ1n) is 28.1. The second kappa shape index (κ2) is 53.3. The van der Waals surface area contributed by atoms with Gasteiger partial charge in [0.2, 0.25) is 5.91 Å². The van der Waals surface area contributed by atoms with Crippen molar-refractivity contribution in [2.24, 2.45) is 0 Å². The number of ether oxygens (including phenoxy) is 1. The van der Waals surface area contributed by atoms with E-state index in [4.69, 9.17) is 13.8 Å². The highest BCUT2D eigenvalue weighted by Gasteiger charge is 2.23. The van der Waals surface area contributed by atoms with Crippen molar-refractivity contribution in [2.45, 2.75) is 277 Å². The molecule has 0 rings (SSSR count). The molecule has 0 radical (unpaired) electrons. The molecule has 0 aliphatic carbocycles. The first-order valence-corrected chi connectivity index (χ1v) is 29.6. The Morgan fingerprint density at radius 1 is 0.463 bits per heavy atom. The predicted octanol–water partition coefficient (Wildman–Crippen LogP) is 17.0. The molecule has 0 saturated carbocycles. The lowest BCUT2D eigenvalue weighted by Gasteiger charge is -2.15. The number of rotatable bonds is 53. The van der Waals surface area contributed by atoms with Crippen molar-refractivity contribution in [1.82, 2.24) is 5.32 Å². The summed E-state index contributed by atoms with van der Waals surface area (Å²) in [6.45, 7) is 3.55. The largest absolute Gasteiger partial charge is 0.472 e. The number of allylic oxidation sites excluding steroid dienone is 8. The molecule has 67 heavy (non-hydrogen) atoms. The molecule has 0 aliphatic heterocycles. The van der Waals surface area contributed by atoms with Crippen LogP contribution < -0.4 is 5.32 Å². The van der Waals surface area contributed by atoms with Gasteiger partial charge in [-0.15, -0.1) is 0 Å². The fourth-order valence-electron chi connectivity index (χ4n) is 7.97. The molecular formula is C57H106NO8P. The minimum Gasteiger partial charge on any atom is -0.463 e. The highest BCUT2D eigenvalue weighted by atomic mass is 31.2. The number of carbonyl (C=O) groups excluding carboxylic acids is 2. The van der Waals surface area contributed by atoms with E-state index in [0.29, 0.717) is 6.42 Å². The molecule has 0 fully saturated rings. The quantitative estimate of drug-likeness (QED) is 0.0238.